The molecule has 0 aromatic carbocycles. The van der Waals surface area contributed by atoms with E-state index in [0.717, 1.165) is 25.7 Å². The van der Waals surface area contributed by atoms with Crippen LogP contribution in [0, 0.1) is 11.5 Å². The predicted molar refractivity (Wildman–Crippen MR) is 86.0 cm³/mol. The summed E-state index contributed by atoms with van der Waals surface area (Å²) in [6.07, 6.45) is 5.16. The molecule has 0 atom stereocenters. The third-order valence-electron chi connectivity index (χ3n) is 3.11. The van der Waals surface area contributed by atoms with Crippen molar-refractivity contribution in [2.75, 3.05) is 18.5 Å². The van der Waals surface area contributed by atoms with Crippen LogP contribution in [0.4, 0.5) is 10.7 Å². The summed E-state index contributed by atoms with van der Waals surface area (Å²) in [6.45, 7) is 4.81. The van der Waals surface area contributed by atoms with Gasteiger partial charge in [0.05, 0.1) is 5.69 Å². The molecule has 0 aliphatic carbocycles. The third kappa shape index (κ3) is 7.85. The van der Waals surface area contributed by atoms with E-state index in [1.807, 2.05) is 13.8 Å². The molecule has 8 heteroatoms. The van der Waals surface area contributed by atoms with E-state index in [0.29, 0.717) is 18.8 Å². The van der Waals surface area contributed by atoms with Crippen LogP contribution in [-0.4, -0.2) is 29.2 Å². The second-order valence-electron chi connectivity index (χ2n) is 5.41. The topological polar surface area (TPSA) is 120 Å². The summed E-state index contributed by atoms with van der Waals surface area (Å²) in [6, 6.07) is 1.02. The molecule has 0 aliphatic heterocycles. The Morgan fingerprint density at radius 2 is 2.13 bits per heavy atom. The normalized spacial score (nSPS) is 10.2. The number of hydrogen-bond donors (Lipinski definition) is 3. The lowest BCUT2D eigenvalue weighted by Crippen LogP contribution is -2.31. The lowest BCUT2D eigenvalue weighted by atomic mass is 10.1. The average Bonchev–Trinajstić information content (AvgIpc) is 2.49. The molecule has 0 bridgehead atoms. The van der Waals surface area contributed by atoms with Gasteiger partial charge in [0.15, 0.2) is 0 Å². The van der Waals surface area contributed by atoms with E-state index < -0.39 is 6.03 Å². The van der Waals surface area contributed by atoms with Crippen molar-refractivity contribution in [2.45, 2.75) is 45.4 Å². The maximum atomic E-state index is 11.7. The molecule has 0 aliphatic rings. The number of H-pyrrole nitrogens is 1. The molecule has 3 N–H and O–H groups in total. The van der Waals surface area contributed by atoms with Crippen LogP contribution in [0.1, 0.15) is 51.1 Å². The third-order valence-corrected chi connectivity index (χ3v) is 3.11. The number of aromatic amines is 1. The van der Waals surface area contributed by atoms with Gasteiger partial charge in [-0.05, 0) is 25.2 Å². The van der Waals surface area contributed by atoms with E-state index in [9.17, 15) is 9.59 Å². The standard InChI is InChI=1S/C15H23N5O3/c1-11(2)12-9-13(21)19-14(18-12)20-15(22)17-7-5-3-4-6-8-23-10-16/h9,11H,3-8H2,1-2H3,(H3,17,18,19,20,21,22). The van der Waals surface area contributed by atoms with Crippen molar-refractivity contribution in [3.63, 3.8) is 0 Å². The molecule has 1 rings (SSSR count). The number of urea groups is 1. The largest absolute Gasteiger partial charge is 0.428 e. The number of hydrogen-bond acceptors (Lipinski definition) is 5. The van der Waals surface area contributed by atoms with Crippen LogP contribution < -0.4 is 16.2 Å². The highest BCUT2D eigenvalue weighted by Crippen LogP contribution is 2.09. The highest BCUT2D eigenvalue weighted by Gasteiger charge is 2.07. The highest BCUT2D eigenvalue weighted by atomic mass is 16.5. The van der Waals surface area contributed by atoms with Crippen molar-refractivity contribution < 1.29 is 9.53 Å². The Balaban J connectivity index is 2.27. The number of anilines is 1. The summed E-state index contributed by atoms with van der Waals surface area (Å²) >= 11 is 0. The van der Waals surface area contributed by atoms with E-state index in [1.165, 1.54) is 6.07 Å². The van der Waals surface area contributed by atoms with Crippen molar-refractivity contribution in [3.8, 4) is 6.26 Å². The second-order valence-corrected chi connectivity index (χ2v) is 5.41. The molecule has 0 saturated carbocycles. The minimum absolute atomic E-state index is 0.103. The minimum atomic E-state index is -0.401. The van der Waals surface area contributed by atoms with Gasteiger partial charge in [-0.15, -0.1) is 0 Å². The van der Waals surface area contributed by atoms with Crippen molar-refractivity contribution in [1.82, 2.24) is 15.3 Å². The number of rotatable bonds is 9. The van der Waals surface area contributed by atoms with E-state index in [2.05, 4.69) is 25.3 Å². The number of nitrogens with one attached hydrogen (secondary N) is 3. The monoisotopic (exact) mass is 321 g/mol. The number of aromatic nitrogens is 2. The van der Waals surface area contributed by atoms with Crippen LogP contribution in [0.2, 0.25) is 0 Å². The van der Waals surface area contributed by atoms with Crippen LogP contribution in [0.15, 0.2) is 10.9 Å². The molecule has 2 amide bonds. The quantitative estimate of drug-likeness (QED) is 0.475. The zero-order valence-electron chi connectivity index (χ0n) is 13.5. The molecule has 1 aromatic rings. The number of amides is 2. The summed E-state index contributed by atoms with van der Waals surface area (Å²) in [5.41, 5.74) is 0.335. The Morgan fingerprint density at radius 1 is 1.39 bits per heavy atom. The lowest BCUT2D eigenvalue weighted by molar-refractivity contribution is 0.251. The van der Waals surface area contributed by atoms with E-state index >= 15 is 0 Å². The van der Waals surface area contributed by atoms with Crippen LogP contribution in [0.25, 0.3) is 0 Å². The van der Waals surface area contributed by atoms with E-state index in [-0.39, 0.29) is 17.4 Å². The van der Waals surface area contributed by atoms with Gasteiger partial charge in [-0.3, -0.25) is 15.1 Å². The van der Waals surface area contributed by atoms with Gasteiger partial charge in [-0.2, -0.15) is 5.26 Å². The maximum absolute atomic E-state index is 11.7. The zero-order chi connectivity index (χ0) is 17.1. The van der Waals surface area contributed by atoms with Crippen LogP contribution >= 0.6 is 0 Å². The summed E-state index contributed by atoms with van der Waals surface area (Å²) in [5.74, 6) is 0.248. The first-order chi connectivity index (χ1) is 11.0. The molecule has 8 nitrogen and oxygen atoms in total. The SMILES string of the molecule is CC(C)c1cc(=O)[nH]c(NC(=O)NCCCCCCOC#N)n1. The van der Waals surface area contributed by atoms with Crippen LogP contribution in [0.3, 0.4) is 0 Å². The van der Waals surface area contributed by atoms with Crippen molar-refractivity contribution in [3.05, 3.63) is 22.1 Å². The molecule has 1 heterocycles. The fourth-order valence-electron chi connectivity index (χ4n) is 1.88. The number of nitrogens with zero attached hydrogens (tertiary/aromatic N) is 2. The highest BCUT2D eigenvalue weighted by molar-refractivity contribution is 5.87. The number of ether oxygens (including phenoxy) is 1. The van der Waals surface area contributed by atoms with Gasteiger partial charge in [0.2, 0.25) is 5.95 Å². The first-order valence-corrected chi connectivity index (χ1v) is 7.70. The Labute approximate surface area is 135 Å². The lowest BCUT2D eigenvalue weighted by Gasteiger charge is -2.09. The average molecular weight is 321 g/mol. The van der Waals surface area contributed by atoms with Crippen LogP contribution in [0.5, 0.6) is 0 Å². The fraction of sp³-hybridized carbons (Fsp3) is 0.600. The summed E-state index contributed by atoms with van der Waals surface area (Å²) in [7, 11) is 0. The Morgan fingerprint density at radius 3 is 2.83 bits per heavy atom. The summed E-state index contributed by atoms with van der Waals surface area (Å²) < 4.78 is 4.57. The van der Waals surface area contributed by atoms with Gasteiger partial charge < -0.3 is 10.1 Å². The molecule has 126 valence electrons. The minimum Gasteiger partial charge on any atom is -0.428 e. The molecular weight excluding hydrogens is 298 g/mol. The Hall–Kier alpha value is -2.56. The zero-order valence-corrected chi connectivity index (χ0v) is 13.5. The van der Waals surface area contributed by atoms with Gasteiger partial charge in [0.25, 0.3) is 11.8 Å². The van der Waals surface area contributed by atoms with Crippen molar-refractivity contribution in [2.24, 2.45) is 0 Å². The van der Waals surface area contributed by atoms with E-state index in [4.69, 9.17) is 5.26 Å². The molecule has 0 radical (unpaired) electrons. The summed E-state index contributed by atoms with van der Waals surface area (Å²) in [4.78, 5) is 29.9. The first-order valence-electron chi connectivity index (χ1n) is 7.70. The second kappa shape index (κ2) is 10.2. The van der Waals surface area contributed by atoms with Gasteiger partial charge in [-0.1, -0.05) is 20.3 Å². The van der Waals surface area contributed by atoms with Gasteiger partial charge in [0, 0.05) is 12.6 Å². The molecular formula is C15H23N5O3. The molecule has 0 saturated heterocycles. The Bertz CT molecular complexity index is 592. The molecule has 0 spiro atoms. The number of unbranched alkanes of at least 4 members (excludes halogenated alkanes) is 3. The molecule has 0 unspecified atom stereocenters. The van der Waals surface area contributed by atoms with Crippen LogP contribution in [-0.2, 0) is 4.74 Å². The number of carbonyl (C=O) groups is 1. The molecule has 1 aromatic heterocycles. The Kier molecular flexibility index (Phi) is 8.21. The maximum Gasteiger partial charge on any atom is 0.321 e. The first kappa shape index (κ1) is 18.5. The van der Waals surface area contributed by atoms with Gasteiger partial charge >= 0.3 is 6.03 Å². The molecule has 0 fully saturated rings. The smallest absolute Gasteiger partial charge is 0.321 e. The van der Waals surface area contributed by atoms with Gasteiger partial charge in [-0.25, -0.2) is 9.78 Å². The van der Waals surface area contributed by atoms with Crippen molar-refractivity contribution >= 4 is 12.0 Å². The summed E-state index contributed by atoms with van der Waals surface area (Å²) in [5, 5.41) is 13.4. The predicted octanol–water partition coefficient (Wildman–Crippen LogP) is 2.07. The molecule has 23 heavy (non-hydrogen) atoms. The van der Waals surface area contributed by atoms with Crippen molar-refractivity contribution in [1.29, 1.82) is 5.26 Å². The number of nitriles is 1. The fourth-order valence-corrected chi connectivity index (χ4v) is 1.88. The number of carbonyl (C=O) groups excluding carboxylic acids is 1. The van der Waals surface area contributed by atoms with Gasteiger partial charge in [0.1, 0.15) is 6.61 Å². The van der Waals surface area contributed by atoms with E-state index in [1.54, 1.807) is 6.26 Å².